The minimum Gasteiger partial charge on any atom is -0.309 e. The van der Waals surface area contributed by atoms with Crippen molar-refractivity contribution in [3.05, 3.63) is 182 Å². The number of hydrogen-bond acceptors (Lipinski definition) is 5. The first-order valence-corrected chi connectivity index (χ1v) is 20.7. The predicted octanol–water partition coefficient (Wildman–Crippen LogP) is 14.4. The van der Waals surface area contributed by atoms with Gasteiger partial charge in [-0.05, 0) is 42.0 Å². The van der Waals surface area contributed by atoms with Gasteiger partial charge in [-0.1, -0.05) is 146 Å². The molecule has 0 aliphatic carbocycles. The van der Waals surface area contributed by atoms with E-state index >= 15 is 0 Å². The quantitative estimate of drug-likeness (QED) is 0.175. The molecule has 0 N–H and O–H groups in total. The summed E-state index contributed by atoms with van der Waals surface area (Å²) in [6.45, 7) is 0. The molecule has 0 saturated carbocycles. The predicted molar refractivity (Wildman–Crippen MR) is 242 cm³/mol. The van der Waals surface area contributed by atoms with Gasteiger partial charge in [-0.3, -0.25) is 0 Å². The van der Waals surface area contributed by atoms with E-state index in [1.54, 1.807) is 0 Å². The molecular weight excluding hydrogens is 733 g/mol. The van der Waals surface area contributed by atoms with Crippen molar-refractivity contribution in [3.8, 4) is 51.0 Å². The van der Waals surface area contributed by atoms with Crippen molar-refractivity contribution in [1.29, 1.82) is 0 Å². The molecule has 0 aliphatic rings. The summed E-state index contributed by atoms with van der Waals surface area (Å²) in [4.78, 5) is 15.3. The second-order valence-corrected chi connectivity index (χ2v) is 16.4. The smallest absolute Gasteiger partial charge is 0.164 e. The van der Waals surface area contributed by atoms with Gasteiger partial charge in [0.1, 0.15) is 0 Å². The lowest BCUT2D eigenvalue weighted by Crippen LogP contribution is -2.00. The maximum absolute atomic E-state index is 5.14. The van der Waals surface area contributed by atoms with E-state index in [1.165, 1.54) is 73.6 Å². The van der Waals surface area contributed by atoms with E-state index in [-0.39, 0.29) is 0 Å². The molecular formula is C51H30N4S2. The summed E-state index contributed by atoms with van der Waals surface area (Å²) in [5.74, 6) is 1.98. The van der Waals surface area contributed by atoms with Crippen molar-refractivity contribution >= 4 is 84.8 Å². The zero-order valence-corrected chi connectivity index (χ0v) is 32.1. The number of benzene rings is 8. The molecule has 0 atom stereocenters. The number of para-hydroxylation sites is 2. The third-order valence-electron chi connectivity index (χ3n) is 11.1. The Kier molecular flexibility index (Phi) is 7.24. The first-order chi connectivity index (χ1) is 28.3. The third-order valence-corrected chi connectivity index (χ3v) is 13.4. The van der Waals surface area contributed by atoms with E-state index in [2.05, 4.69) is 150 Å². The molecule has 8 aromatic carbocycles. The SMILES string of the molecule is c1ccc(-c2nc(-c3ccccc3)nc(-c3cccc4sc5c(-c6cccc7sc8cccc(-n9c%10ccccc%10c%10ccccc%109)c8c67)cccc5c34)n2)cc1. The van der Waals surface area contributed by atoms with Gasteiger partial charge >= 0.3 is 0 Å². The van der Waals surface area contributed by atoms with Gasteiger partial charge in [-0.15, -0.1) is 22.7 Å². The molecule has 0 fully saturated rings. The summed E-state index contributed by atoms with van der Waals surface area (Å²) in [5.41, 5.74) is 9.01. The van der Waals surface area contributed by atoms with Crippen LogP contribution in [0.5, 0.6) is 0 Å². The molecule has 0 bridgehead atoms. The highest BCUT2D eigenvalue weighted by Gasteiger charge is 2.22. The van der Waals surface area contributed by atoms with Crippen LogP contribution < -0.4 is 0 Å². The van der Waals surface area contributed by atoms with E-state index < -0.39 is 0 Å². The van der Waals surface area contributed by atoms with Crippen LogP contribution in [0.2, 0.25) is 0 Å². The molecule has 0 radical (unpaired) electrons. The second kappa shape index (κ2) is 12.8. The van der Waals surface area contributed by atoms with Gasteiger partial charge < -0.3 is 4.57 Å². The first kappa shape index (κ1) is 32.3. The van der Waals surface area contributed by atoms with Crippen LogP contribution in [0, 0.1) is 0 Å². The fourth-order valence-electron chi connectivity index (χ4n) is 8.62. The molecule has 4 heterocycles. The topological polar surface area (TPSA) is 43.6 Å². The highest BCUT2D eigenvalue weighted by atomic mass is 32.1. The normalized spacial score (nSPS) is 11.9. The highest BCUT2D eigenvalue weighted by Crippen LogP contribution is 2.48. The third kappa shape index (κ3) is 5.01. The molecule has 57 heavy (non-hydrogen) atoms. The van der Waals surface area contributed by atoms with Gasteiger partial charge in [0.05, 0.1) is 16.7 Å². The zero-order chi connectivity index (χ0) is 37.5. The lowest BCUT2D eigenvalue weighted by atomic mass is 9.96. The number of fused-ring (bicyclic) bond motifs is 9. The summed E-state index contributed by atoms with van der Waals surface area (Å²) < 4.78 is 7.47. The summed E-state index contributed by atoms with van der Waals surface area (Å²) in [6.07, 6.45) is 0. The van der Waals surface area contributed by atoms with Crippen LogP contribution in [0.3, 0.4) is 0 Å². The van der Waals surface area contributed by atoms with Gasteiger partial charge in [-0.2, -0.15) is 0 Å². The van der Waals surface area contributed by atoms with E-state index in [0.717, 1.165) is 22.1 Å². The summed E-state index contributed by atoms with van der Waals surface area (Å²) in [7, 11) is 0. The van der Waals surface area contributed by atoms with Crippen molar-refractivity contribution in [3.63, 3.8) is 0 Å². The summed E-state index contributed by atoms with van der Waals surface area (Å²) >= 11 is 3.71. The van der Waals surface area contributed by atoms with Gasteiger partial charge in [0.25, 0.3) is 0 Å². The first-order valence-electron chi connectivity index (χ1n) is 19.0. The molecule has 4 aromatic heterocycles. The van der Waals surface area contributed by atoms with Crippen LogP contribution in [0.25, 0.3) is 113 Å². The van der Waals surface area contributed by atoms with Crippen LogP contribution in [-0.4, -0.2) is 19.5 Å². The van der Waals surface area contributed by atoms with E-state index in [9.17, 15) is 0 Å². The van der Waals surface area contributed by atoms with Crippen LogP contribution >= 0.6 is 22.7 Å². The fraction of sp³-hybridized carbons (Fsp3) is 0. The Labute approximate surface area is 335 Å². The molecule has 0 spiro atoms. The van der Waals surface area contributed by atoms with Crippen LogP contribution in [-0.2, 0) is 0 Å². The van der Waals surface area contributed by atoms with Crippen molar-refractivity contribution in [2.45, 2.75) is 0 Å². The number of rotatable bonds is 5. The van der Waals surface area contributed by atoms with E-state index in [0.29, 0.717) is 17.5 Å². The van der Waals surface area contributed by atoms with Crippen LogP contribution in [0.4, 0.5) is 0 Å². The molecule has 6 heteroatoms. The molecule has 0 amide bonds. The Balaban J connectivity index is 1.11. The Bertz CT molecular complexity index is 3410. The standard InChI is InChI=1S/C51H30N4S2/c1-3-15-31(16-4-1)49-52-50(32-17-5-2-6-18-32)54-51(53-49)38-24-13-28-42-45(38)37-23-11-22-36(48(37)57-42)35-21-12-29-43-46(35)47-41(27-14-30-44(47)56-43)55-39-25-9-7-19-33(39)34-20-8-10-26-40(34)55/h1-30H. The Morgan fingerprint density at radius 1 is 0.333 bits per heavy atom. The minimum absolute atomic E-state index is 0.659. The highest BCUT2D eigenvalue weighted by molar-refractivity contribution is 7.27. The lowest BCUT2D eigenvalue weighted by Gasteiger charge is -2.12. The monoisotopic (exact) mass is 762 g/mol. The zero-order valence-electron chi connectivity index (χ0n) is 30.4. The van der Waals surface area contributed by atoms with Crippen LogP contribution in [0.1, 0.15) is 0 Å². The molecule has 0 saturated heterocycles. The number of nitrogens with zero attached hydrogens (tertiary/aromatic N) is 4. The molecule has 12 aromatic rings. The number of thiophene rings is 2. The molecule has 0 aliphatic heterocycles. The number of hydrogen-bond donors (Lipinski definition) is 0. The second-order valence-electron chi connectivity index (χ2n) is 14.3. The van der Waals surface area contributed by atoms with Crippen LogP contribution in [0.15, 0.2) is 182 Å². The summed E-state index contributed by atoms with van der Waals surface area (Å²) in [5, 5.41) is 7.46. The maximum atomic E-state index is 5.14. The van der Waals surface area contributed by atoms with E-state index in [4.69, 9.17) is 15.0 Å². The average Bonchev–Trinajstić information content (AvgIpc) is 3.97. The Hall–Kier alpha value is -6.99. The summed E-state index contributed by atoms with van der Waals surface area (Å²) in [6, 6.07) is 64.8. The van der Waals surface area contributed by atoms with Gasteiger partial charge in [0.15, 0.2) is 17.5 Å². The van der Waals surface area contributed by atoms with Crippen molar-refractivity contribution in [2.24, 2.45) is 0 Å². The van der Waals surface area contributed by atoms with Crippen molar-refractivity contribution < 1.29 is 0 Å². The lowest BCUT2D eigenvalue weighted by molar-refractivity contribution is 1.08. The van der Waals surface area contributed by atoms with Gasteiger partial charge in [-0.25, -0.2) is 15.0 Å². The maximum Gasteiger partial charge on any atom is 0.164 e. The largest absolute Gasteiger partial charge is 0.309 e. The average molecular weight is 763 g/mol. The van der Waals surface area contributed by atoms with Crippen molar-refractivity contribution in [1.82, 2.24) is 19.5 Å². The Morgan fingerprint density at radius 3 is 1.49 bits per heavy atom. The minimum atomic E-state index is 0.659. The molecule has 0 unspecified atom stereocenters. The molecule has 266 valence electrons. The molecule has 4 nitrogen and oxygen atoms in total. The number of aromatic nitrogens is 4. The van der Waals surface area contributed by atoms with Gasteiger partial charge in [0.2, 0.25) is 0 Å². The Morgan fingerprint density at radius 2 is 0.825 bits per heavy atom. The molecule has 12 rings (SSSR count). The fourth-order valence-corrected chi connectivity index (χ4v) is 11.0. The van der Waals surface area contributed by atoms with Gasteiger partial charge in [0, 0.05) is 73.4 Å². The van der Waals surface area contributed by atoms with E-state index in [1.807, 2.05) is 59.1 Å². The van der Waals surface area contributed by atoms with Crippen molar-refractivity contribution in [2.75, 3.05) is 0 Å².